The fourth-order valence-electron chi connectivity index (χ4n) is 3.30. The summed E-state index contributed by atoms with van der Waals surface area (Å²) >= 11 is 0. The Kier molecular flexibility index (Phi) is 5.90. The highest BCUT2D eigenvalue weighted by molar-refractivity contribution is 5.32. The van der Waals surface area contributed by atoms with E-state index in [0.29, 0.717) is 12.0 Å². The third-order valence-corrected chi connectivity index (χ3v) is 4.14. The van der Waals surface area contributed by atoms with Crippen LogP contribution in [-0.2, 0) is 0 Å². The van der Waals surface area contributed by atoms with Gasteiger partial charge in [0.2, 0.25) is 0 Å². The van der Waals surface area contributed by atoms with Crippen molar-refractivity contribution in [1.82, 2.24) is 5.32 Å². The number of nitrogens with one attached hydrogen (secondary N) is 1. The van der Waals surface area contributed by atoms with Crippen LogP contribution in [0, 0.1) is 0 Å². The highest BCUT2D eigenvalue weighted by Crippen LogP contribution is 2.33. The maximum Gasteiger partial charge on any atom is 0.119 e. The van der Waals surface area contributed by atoms with Gasteiger partial charge in [-0.05, 0) is 56.8 Å². The minimum Gasteiger partial charge on any atom is -0.491 e. The van der Waals surface area contributed by atoms with E-state index in [0.717, 1.165) is 12.3 Å². The van der Waals surface area contributed by atoms with Gasteiger partial charge in [-0.3, -0.25) is 0 Å². The van der Waals surface area contributed by atoms with Crippen LogP contribution in [0.5, 0.6) is 5.75 Å². The van der Waals surface area contributed by atoms with Crippen molar-refractivity contribution < 1.29 is 4.74 Å². The second-order valence-electron chi connectivity index (χ2n) is 6.15. The maximum absolute atomic E-state index is 5.85. The lowest BCUT2D eigenvalue weighted by atomic mass is 9.87. The minimum absolute atomic E-state index is 0.240. The van der Waals surface area contributed by atoms with E-state index in [1.165, 1.54) is 37.7 Å². The third-order valence-electron chi connectivity index (χ3n) is 4.14. The fraction of sp³-hybridized carbons (Fsp3) is 0.667. The maximum atomic E-state index is 5.85. The Balaban J connectivity index is 2.17. The highest BCUT2D eigenvalue weighted by atomic mass is 16.5. The molecular weight excluding hydrogens is 246 g/mol. The second kappa shape index (κ2) is 7.68. The first-order valence-electron chi connectivity index (χ1n) is 8.20. The molecule has 2 nitrogen and oxygen atoms in total. The summed E-state index contributed by atoms with van der Waals surface area (Å²) in [6.45, 7) is 7.43. The van der Waals surface area contributed by atoms with Gasteiger partial charge in [0.05, 0.1) is 6.10 Å². The van der Waals surface area contributed by atoms with E-state index >= 15 is 0 Å². The van der Waals surface area contributed by atoms with Gasteiger partial charge in [-0.1, -0.05) is 38.3 Å². The van der Waals surface area contributed by atoms with Crippen LogP contribution < -0.4 is 10.1 Å². The first-order chi connectivity index (χ1) is 9.70. The number of hydrogen-bond donors (Lipinski definition) is 1. The van der Waals surface area contributed by atoms with Gasteiger partial charge in [-0.2, -0.15) is 0 Å². The molecule has 0 spiro atoms. The van der Waals surface area contributed by atoms with Crippen molar-refractivity contribution in [3.8, 4) is 5.75 Å². The average Bonchev–Trinajstić information content (AvgIpc) is 2.64. The summed E-state index contributed by atoms with van der Waals surface area (Å²) in [4.78, 5) is 0. The van der Waals surface area contributed by atoms with Crippen molar-refractivity contribution in [1.29, 1.82) is 0 Å². The molecule has 2 heteroatoms. The quantitative estimate of drug-likeness (QED) is 0.799. The molecule has 1 N–H and O–H groups in total. The van der Waals surface area contributed by atoms with E-state index in [2.05, 4.69) is 50.4 Å². The van der Waals surface area contributed by atoms with Crippen LogP contribution in [0.1, 0.15) is 64.4 Å². The molecular formula is C18H29NO. The predicted molar refractivity (Wildman–Crippen MR) is 85.5 cm³/mol. The summed E-state index contributed by atoms with van der Waals surface area (Å²) in [5.41, 5.74) is 1.44. The fourth-order valence-corrected chi connectivity index (χ4v) is 3.30. The second-order valence-corrected chi connectivity index (χ2v) is 6.15. The summed E-state index contributed by atoms with van der Waals surface area (Å²) in [6.07, 6.45) is 6.92. The van der Waals surface area contributed by atoms with E-state index in [1.807, 2.05) is 0 Å². The number of likely N-dealkylation sites (N-methyl/N-ethyl adjacent to an activating group) is 1. The smallest absolute Gasteiger partial charge is 0.119 e. The zero-order valence-electron chi connectivity index (χ0n) is 13.2. The van der Waals surface area contributed by atoms with Crippen LogP contribution in [-0.4, -0.2) is 18.7 Å². The number of ether oxygens (including phenoxy) is 1. The Morgan fingerprint density at radius 3 is 2.75 bits per heavy atom. The van der Waals surface area contributed by atoms with Crippen molar-refractivity contribution >= 4 is 0 Å². The SMILES string of the molecule is CCNC1CCCCCC1c1cccc(OC(C)C)c1. The zero-order chi connectivity index (χ0) is 14.4. The molecule has 0 heterocycles. The molecule has 0 amide bonds. The Bertz CT molecular complexity index is 402. The van der Waals surface area contributed by atoms with Crippen molar-refractivity contribution in [2.24, 2.45) is 0 Å². The van der Waals surface area contributed by atoms with Gasteiger partial charge in [-0.15, -0.1) is 0 Å². The van der Waals surface area contributed by atoms with Crippen molar-refractivity contribution in [3.63, 3.8) is 0 Å². The van der Waals surface area contributed by atoms with Crippen molar-refractivity contribution in [3.05, 3.63) is 29.8 Å². The molecule has 1 fully saturated rings. The van der Waals surface area contributed by atoms with Crippen LogP contribution in [0.3, 0.4) is 0 Å². The lowest BCUT2D eigenvalue weighted by Crippen LogP contribution is -2.34. The average molecular weight is 275 g/mol. The van der Waals surface area contributed by atoms with Gasteiger partial charge in [0.15, 0.2) is 0 Å². The Hall–Kier alpha value is -1.02. The molecule has 112 valence electrons. The molecule has 1 aromatic carbocycles. The van der Waals surface area contributed by atoms with Crippen LogP contribution in [0.4, 0.5) is 0 Å². The lowest BCUT2D eigenvalue weighted by Gasteiger charge is -2.27. The summed E-state index contributed by atoms with van der Waals surface area (Å²) in [6, 6.07) is 9.36. The van der Waals surface area contributed by atoms with E-state index in [-0.39, 0.29) is 6.10 Å². The molecule has 2 rings (SSSR count). The lowest BCUT2D eigenvalue weighted by molar-refractivity contribution is 0.242. The molecule has 0 aliphatic heterocycles. The molecule has 2 atom stereocenters. The molecule has 20 heavy (non-hydrogen) atoms. The van der Waals surface area contributed by atoms with Crippen LogP contribution in [0.2, 0.25) is 0 Å². The minimum atomic E-state index is 0.240. The third kappa shape index (κ3) is 4.24. The Labute approximate surface area is 123 Å². The predicted octanol–water partition coefficient (Wildman–Crippen LogP) is 4.50. The van der Waals surface area contributed by atoms with Crippen LogP contribution in [0.15, 0.2) is 24.3 Å². The summed E-state index contributed by atoms with van der Waals surface area (Å²) in [5.74, 6) is 1.64. The summed E-state index contributed by atoms with van der Waals surface area (Å²) < 4.78 is 5.85. The van der Waals surface area contributed by atoms with Crippen LogP contribution in [0.25, 0.3) is 0 Å². The van der Waals surface area contributed by atoms with Gasteiger partial charge < -0.3 is 10.1 Å². The number of benzene rings is 1. The van der Waals surface area contributed by atoms with E-state index in [1.54, 1.807) is 0 Å². The van der Waals surface area contributed by atoms with Gasteiger partial charge in [-0.25, -0.2) is 0 Å². The number of rotatable bonds is 5. The van der Waals surface area contributed by atoms with Gasteiger partial charge >= 0.3 is 0 Å². The monoisotopic (exact) mass is 275 g/mol. The standard InChI is InChI=1S/C18H29NO/c1-4-19-18-12-7-5-6-11-17(18)15-9-8-10-16(13-15)20-14(2)3/h8-10,13-14,17-19H,4-7,11-12H2,1-3H3. The van der Waals surface area contributed by atoms with Crippen molar-refractivity contribution in [2.45, 2.75) is 70.9 Å². The largest absolute Gasteiger partial charge is 0.491 e. The molecule has 2 unspecified atom stereocenters. The molecule has 0 radical (unpaired) electrons. The number of hydrogen-bond acceptors (Lipinski definition) is 2. The van der Waals surface area contributed by atoms with Crippen LogP contribution >= 0.6 is 0 Å². The van der Waals surface area contributed by atoms with Crippen molar-refractivity contribution in [2.75, 3.05) is 6.54 Å². The van der Waals surface area contributed by atoms with Gasteiger partial charge in [0.1, 0.15) is 5.75 Å². The van der Waals surface area contributed by atoms with E-state index in [9.17, 15) is 0 Å². The van der Waals surface area contributed by atoms with E-state index < -0.39 is 0 Å². The molecule has 1 aromatic rings. The van der Waals surface area contributed by atoms with Gasteiger partial charge in [0, 0.05) is 6.04 Å². The molecule has 1 aliphatic rings. The Morgan fingerprint density at radius 2 is 2.00 bits per heavy atom. The van der Waals surface area contributed by atoms with E-state index in [4.69, 9.17) is 4.74 Å². The summed E-state index contributed by atoms with van der Waals surface area (Å²) in [5, 5.41) is 3.69. The molecule has 0 aromatic heterocycles. The molecule has 1 saturated carbocycles. The highest BCUT2D eigenvalue weighted by Gasteiger charge is 2.24. The normalized spacial score (nSPS) is 23.6. The topological polar surface area (TPSA) is 21.3 Å². The molecule has 1 aliphatic carbocycles. The first-order valence-corrected chi connectivity index (χ1v) is 8.20. The Morgan fingerprint density at radius 1 is 1.20 bits per heavy atom. The zero-order valence-corrected chi connectivity index (χ0v) is 13.2. The molecule has 0 saturated heterocycles. The first kappa shape index (κ1) is 15.4. The summed E-state index contributed by atoms with van der Waals surface area (Å²) in [7, 11) is 0. The molecule has 0 bridgehead atoms. The van der Waals surface area contributed by atoms with Gasteiger partial charge in [0.25, 0.3) is 0 Å².